The summed E-state index contributed by atoms with van der Waals surface area (Å²) < 4.78 is 1.97. The van der Waals surface area contributed by atoms with Gasteiger partial charge in [-0.15, -0.1) is 10.2 Å². The van der Waals surface area contributed by atoms with E-state index in [0.717, 1.165) is 24.7 Å². The number of carbonyl (C=O) groups excluding carboxylic acids is 1. The lowest BCUT2D eigenvalue weighted by Crippen LogP contribution is -2.49. The van der Waals surface area contributed by atoms with Crippen molar-refractivity contribution in [3.63, 3.8) is 0 Å². The SMILES string of the molecule is O=C(c1ccc(Cl)cc1)N1CCN(c2nnc3ccccn23)CC1. The largest absolute Gasteiger partial charge is 0.337 e. The summed E-state index contributed by atoms with van der Waals surface area (Å²) in [6.07, 6.45) is 1.95. The molecule has 6 nitrogen and oxygen atoms in total. The predicted octanol–water partition coefficient (Wildman–Crippen LogP) is 2.35. The lowest BCUT2D eigenvalue weighted by Gasteiger charge is -2.34. The average molecular weight is 342 g/mol. The molecule has 1 amide bonds. The molecule has 7 heteroatoms. The monoisotopic (exact) mass is 341 g/mol. The quantitative estimate of drug-likeness (QED) is 0.718. The van der Waals surface area contributed by atoms with Crippen LogP contribution in [-0.4, -0.2) is 51.6 Å². The third-order valence-electron chi connectivity index (χ3n) is 4.24. The maximum Gasteiger partial charge on any atom is 0.253 e. The fourth-order valence-corrected chi connectivity index (χ4v) is 3.05. The standard InChI is InChI=1S/C17H16ClN5O/c18-14-6-4-13(5-7-14)16(24)21-9-11-22(12-10-21)17-20-19-15-3-1-2-8-23(15)17/h1-8H,9-12H2. The van der Waals surface area contributed by atoms with E-state index in [1.165, 1.54) is 0 Å². The highest BCUT2D eigenvalue weighted by Gasteiger charge is 2.24. The molecule has 0 unspecified atom stereocenters. The minimum atomic E-state index is 0.0393. The number of anilines is 1. The summed E-state index contributed by atoms with van der Waals surface area (Å²) in [5.41, 5.74) is 1.49. The molecule has 0 bridgehead atoms. The van der Waals surface area contributed by atoms with Crippen molar-refractivity contribution < 1.29 is 4.79 Å². The summed E-state index contributed by atoms with van der Waals surface area (Å²) in [4.78, 5) is 16.6. The molecule has 3 heterocycles. The fraction of sp³-hybridized carbons (Fsp3) is 0.235. The molecule has 2 aromatic heterocycles. The van der Waals surface area contributed by atoms with E-state index in [1.807, 2.05) is 33.7 Å². The van der Waals surface area contributed by atoms with Gasteiger partial charge in [0.1, 0.15) is 0 Å². The van der Waals surface area contributed by atoms with E-state index in [0.29, 0.717) is 23.7 Å². The molecule has 1 fully saturated rings. The molecule has 3 aromatic rings. The number of piperazine rings is 1. The summed E-state index contributed by atoms with van der Waals surface area (Å²) in [7, 11) is 0. The number of amides is 1. The van der Waals surface area contributed by atoms with E-state index in [2.05, 4.69) is 15.1 Å². The van der Waals surface area contributed by atoms with E-state index < -0.39 is 0 Å². The molecule has 4 rings (SSSR count). The Labute approximate surface area is 144 Å². The molecule has 0 aliphatic carbocycles. The summed E-state index contributed by atoms with van der Waals surface area (Å²) in [5, 5.41) is 9.09. The second-order valence-electron chi connectivity index (χ2n) is 5.71. The van der Waals surface area contributed by atoms with Crippen LogP contribution >= 0.6 is 11.6 Å². The van der Waals surface area contributed by atoms with Gasteiger partial charge in [-0.1, -0.05) is 17.7 Å². The molecule has 1 aliphatic heterocycles. The Morgan fingerprint density at radius 2 is 1.71 bits per heavy atom. The van der Waals surface area contributed by atoms with Crippen LogP contribution < -0.4 is 4.90 Å². The number of pyridine rings is 1. The maximum absolute atomic E-state index is 12.5. The number of hydrogen-bond donors (Lipinski definition) is 0. The summed E-state index contributed by atoms with van der Waals surface area (Å²) in [6.45, 7) is 2.77. The highest BCUT2D eigenvalue weighted by atomic mass is 35.5. The van der Waals surface area contributed by atoms with Gasteiger partial charge in [-0.2, -0.15) is 0 Å². The van der Waals surface area contributed by atoms with Crippen LogP contribution in [-0.2, 0) is 0 Å². The van der Waals surface area contributed by atoms with Crippen LogP contribution in [0, 0.1) is 0 Å². The molecular weight excluding hydrogens is 326 g/mol. The molecule has 122 valence electrons. The number of carbonyl (C=O) groups is 1. The van der Waals surface area contributed by atoms with E-state index in [9.17, 15) is 4.79 Å². The third kappa shape index (κ3) is 2.69. The van der Waals surface area contributed by atoms with Crippen LogP contribution in [0.4, 0.5) is 5.95 Å². The molecule has 1 aromatic carbocycles. The lowest BCUT2D eigenvalue weighted by atomic mass is 10.2. The summed E-state index contributed by atoms with van der Waals surface area (Å²) >= 11 is 5.88. The smallest absolute Gasteiger partial charge is 0.253 e. The van der Waals surface area contributed by atoms with Crippen molar-refractivity contribution in [3.05, 3.63) is 59.2 Å². The van der Waals surface area contributed by atoms with E-state index >= 15 is 0 Å². The normalized spacial score (nSPS) is 15.0. The van der Waals surface area contributed by atoms with Gasteiger partial charge in [-0.25, -0.2) is 0 Å². The Kier molecular flexibility index (Phi) is 3.82. The van der Waals surface area contributed by atoms with Crippen LogP contribution in [0.3, 0.4) is 0 Å². The van der Waals surface area contributed by atoms with Crippen molar-refractivity contribution >= 4 is 29.1 Å². The molecule has 0 N–H and O–H groups in total. The van der Waals surface area contributed by atoms with E-state index in [4.69, 9.17) is 11.6 Å². The zero-order valence-corrected chi connectivity index (χ0v) is 13.7. The Morgan fingerprint density at radius 1 is 0.958 bits per heavy atom. The maximum atomic E-state index is 12.5. The number of rotatable bonds is 2. The first-order valence-corrected chi connectivity index (χ1v) is 8.20. The van der Waals surface area contributed by atoms with Crippen molar-refractivity contribution in [3.8, 4) is 0 Å². The van der Waals surface area contributed by atoms with Gasteiger partial charge < -0.3 is 9.80 Å². The molecule has 0 radical (unpaired) electrons. The molecule has 24 heavy (non-hydrogen) atoms. The minimum Gasteiger partial charge on any atom is -0.337 e. The highest BCUT2D eigenvalue weighted by Crippen LogP contribution is 2.17. The van der Waals surface area contributed by atoms with Gasteiger partial charge in [0.05, 0.1) is 0 Å². The fourth-order valence-electron chi connectivity index (χ4n) is 2.93. The van der Waals surface area contributed by atoms with Gasteiger partial charge in [0.15, 0.2) is 5.65 Å². The van der Waals surface area contributed by atoms with Gasteiger partial charge in [0, 0.05) is 43.0 Å². The first-order chi connectivity index (χ1) is 11.7. The highest BCUT2D eigenvalue weighted by molar-refractivity contribution is 6.30. The zero-order valence-electron chi connectivity index (χ0n) is 13.0. The van der Waals surface area contributed by atoms with Gasteiger partial charge in [0.2, 0.25) is 5.95 Å². The number of nitrogens with zero attached hydrogens (tertiary/aromatic N) is 5. The van der Waals surface area contributed by atoms with E-state index in [1.54, 1.807) is 24.3 Å². The van der Waals surface area contributed by atoms with Gasteiger partial charge in [-0.3, -0.25) is 9.20 Å². The van der Waals surface area contributed by atoms with Crippen LogP contribution in [0.15, 0.2) is 48.7 Å². The molecule has 1 aliphatic rings. The second kappa shape index (κ2) is 6.13. The molecule has 1 saturated heterocycles. The van der Waals surface area contributed by atoms with Crippen LogP contribution in [0.1, 0.15) is 10.4 Å². The summed E-state index contributed by atoms with van der Waals surface area (Å²) in [5.74, 6) is 0.863. The Balaban J connectivity index is 1.47. The van der Waals surface area contributed by atoms with Crippen molar-refractivity contribution in [1.29, 1.82) is 0 Å². The van der Waals surface area contributed by atoms with E-state index in [-0.39, 0.29) is 5.91 Å². The average Bonchev–Trinajstić information content (AvgIpc) is 3.06. The van der Waals surface area contributed by atoms with Crippen molar-refractivity contribution in [1.82, 2.24) is 19.5 Å². The van der Waals surface area contributed by atoms with Gasteiger partial charge in [-0.05, 0) is 36.4 Å². The number of fused-ring (bicyclic) bond motifs is 1. The van der Waals surface area contributed by atoms with Crippen molar-refractivity contribution in [2.45, 2.75) is 0 Å². The van der Waals surface area contributed by atoms with Crippen LogP contribution in [0.5, 0.6) is 0 Å². The molecule has 0 spiro atoms. The minimum absolute atomic E-state index is 0.0393. The number of aromatic nitrogens is 3. The number of halogens is 1. The second-order valence-corrected chi connectivity index (χ2v) is 6.15. The molecular formula is C17H16ClN5O. The molecule has 0 saturated carbocycles. The van der Waals surface area contributed by atoms with Crippen LogP contribution in [0.2, 0.25) is 5.02 Å². The predicted molar refractivity (Wildman–Crippen MR) is 92.6 cm³/mol. The first kappa shape index (κ1) is 15.0. The van der Waals surface area contributed by atoms with Crippen molar-refractivity contribution in [2.75, 3.05) is 31.1 Å². The zero-order chi connectivity index (χ0) is 16.5. The lowest BCUT2D eigenvalue weighted by molar-refractivity contribution is 0.0746. The number of benzene rings is 1. The Hall–Kier alpha value is -2.60. The summed E-state index contributed by atoms with van der Waals surface area (Å²) in [6, 6.07) is 12.8. The Bertz CT molecular complexity index is 868. The van der Waals surface area contributed by atoms with Crippen molar-refractivity contribution in [2.24, 2.45) is 0 Å². The topological polar surface area (TPSA) is 53.7 Å². The Morgan fingerprint density at radius 3 is 2.46 bits per heavy atom. The van der Waals surface area contributed by atoms with Gasteiger partial charge in [0.25, 0.3) is 5.91 Å². The third-order valence-corrected chi connectivity index (χ3v) is 4.49. The first-order valence-electron chi connectivity index (χ1n) is 7.82. The molecule has 0 atom stereocenters. The number of hydrogen-bond acceptors (Lipinski definition) is 4. The van der Waals surface area contributed by atoms with Gasteiger partial charge >= 0.3 is 0 Å². The van der Waals surface area contributed by atoms with Crippen LogP contribution in [0.25, 0.3) is 5.65 Å².